The fourth-order valence-electron chi connectivity index (χ4n) is 6.33. The quantitative estimate of drug-likeness (QED) is 0.257. The second kappa shape index (κ2) is 9.66. The number of aryl methyl sites for hydroxylation is 2. The lowest BCUT2D eigenvalue weighted by Crippen LogP contribution is -2.53. The Morgan fingerprint density at radius 1 is 0.860 bits per heavy atom. The Kier molecular flexibility index (Phi) is 5.99. The Hall–Kier alpha value is -5.24. The first-order valence-electron chi connectivity index (χ1n) is 13.9. The first kappa shape index (κ1) is 26.6. The van der Waals surface area contributed by atoms with Gasteiger partial charge in [0.1, 0.15) is 17.1 Å². The maximum absolute atomic E-state index is 14.9. The average Bonchev–Trinajstić information content (AvgIpc) is 3.40. The summed E-state index contributed by atoms with van der Waals surface area (Å²) in [6, 6.07) is 23.9. The zero-order chi connectivity index (χ0) is 30.0. The number of benzene rings is 4. The molecule has 0 saturated heterocycles. The van der Waals surface area contributed by atoms with Crippen molar-refractivity contribution in [1.82, 2.24) is 4.90 Å². The van der Waals surface area contributed by atoms with Gasteiger partial charge in [0.05, 0.1) is 30.3 Å². The van der Waals surface area contributed by atoms with E-state index in [1.54, 1.807) is 73.8 Å². The molecule has 1 aromatic heterocycles. The van der Waals surface area contributed by atoms with Crippen molar-refractivity contribution < 1.29 is 23.1 Å². The number of anilines is 1. The fraction of sp³-hybridized carbons (Fsp3) is 0.171. The summed E-state index contributed by atoms with van der Waals surface area (Å²) in [5, 5.41) is 0.290. The van der Waals surface area contributed by atoms with E-state index in [2.05, 4.69) is 0 Å². The van der Waals surface area contributed by atoms with E-state index in [9.17, 15) is 18.8 Å². The molecule has 1 unspecified atom stereocenters. The largest absolute Gasteiger partial charge is 0.497 e. The molecule has 2 aliphatic rings. The summed E-state index contributed by atoms with van der Waals surface area (Å²) in [7, 11) is 1.56. The number of ether oxygens (including phenoxy) is 1. The van der Waals surface area contributed by atoms with Crippen LogP contribution in [0.25, 0.3) is 11.0 Å². The maximum Gasteiger partial charge on any atom is 0.291 e. The molecule has 0 saturated carbocycles. The number of amides is 2. The number of halogens is 1. The molecule has 0 bridgehead atoms. The average molecular weight is 575 g/mol. The van der Waals surface area contributed by atoms with Gasteiger partial charge in [-0.25, -0.2) is 4.39 Å². The number of carbonyl (C=O) groups excluding carboxylic acids is 2. The van der Waals surface area contributed by atoms with Crippen LogP contribution in [0, 0.1) is 19.7 Å². The Balaban J connectivity index is 1.51. The first-order valence-corrected chi connectivity index (χ1v) is 13.9. The number of hydrogen-bond acceptors (Lipinski definition) is 5. The summed E-state index contributed by atoms with van der Waals surface area (Å²) >= 11 is 0. The molecule has 214 valence electrons. The van der Waals surface area contributed by atoms with Crippen molar-refractivity contribution in [2.24, 2.45) is 0 Å². The predicted octanol–water partition coefficient (Wildman–Crippen LogP) is 6.00. The SMILES string of the molecule is COc1ccc(CN2C(=O)c3oc4cc(C)c(C)cc4c(=O)c3C23C(=O)N(Cc2ccccc2F)c2ccccc23)cc1. The van der Waals surface area contributed by atoms with Crippen molar-refractivity contribution in [2.75, 3.05) is 12.0 Å². The van der Waals surface area contributed by atoms with E-state index in [4.69, 9.17) is 9.15 Å². The Morgan fingerprint density at radius 2 is 1.56 bits per heavy atom. The molecule has 1 atom stereocenters. The summed E-state index contributed by atoms with van der Waals surface area (Å²) in [6.45, 7) is 3.72. The monoisotopic (exact) mass is 574 g/mol. The zero-order valence-corrected chi connectivity index (χ0v) is 23.8. The fourth-order valence-corrected chi connectivity index (χ4v) is 6.33. The van der Waals surface area contributed by atoms with Gasteiger partial charge in [-0.15, -0.1) is 0 Å². The minimum absolute atomic E-state index is 0.00841. The van der Waals surface area contributed by atoms with Crippen molar-refractivity contribution in [3.8, 4) is 5.75 Å². The van der Waals surface area contributed by atoms with Gasteiger partial charge in [-0.1, -0.05) is 48.5 Å². The molecule has 7 nitrogen and oxygen atoms in total. The van der Waals surface area contributed by atoms with Crippen LogP contribution in [-0.2, 0) is 23.4 Å². The molecule has 4 aromatic carbocycles. The highest BCUT2D eigenvalue weighted by molar-refractivity contribution is 6.17. The summed E-state index contributed by atoms with van der Waals surface area (Å²) in [4.78, 5) is 46.6. The second-order valence-electron chi connectivity index (χ2n) is 11.0. The Bertz CT molecular complexity index is 2030. The molecule has 0 radical (unpaired) electrons. The normalized spacial score (nSPS) is 17.2. The highest BCUT2D eigenvalue weighted by Crippen LogP contribution is 2.53. The van der Waals surface area contributed by atoms with Crippen LogP contribution in [0.5, 0.6) is 5.75 Å². The number of carbonyl (C=O) groups is 2. The van der Waals surface area contributed by atoms with Crippen molar-refractivity contribution >= 4 is 28.5 Å². The van der Waals surface area contributed by atoms with Crippen molar-refractivity contribution in [1.29, 1.82) is 0 Å². The molecule has 2 amide bonds. The van der Waals surface area contributed by atoms with Crippen LogP contribution >= 0.6 is 0 Å². The van der Waals surface area contributed by atoms with Crippen LogP contribution in [0.4, 0.5) is 10.1 Å². The van der Waals surface area contributed by atoms with Gasteiger partial charge >= 0.3 is 0 Å². The minimum Gasteiger partial charge on any atom is -0.497 e. The summed E-state index contributed by atoms with van der Waals surface area (Å²) in [5.74, 6) is -1.07. The van der Waals surface area contributed by atoms with Gasteiger partial charge in [0.2, 0.25) is 5.76 Å². The molecule has 3 heterocycles. The molecule has 2 aliphatic heterocycles. The van der Waals surface area contributed by atoms with Gasteiger partial charge in [0.25, 0.3) is 11.8 Å². The lowest BCUT2D eigenvalue weighted by molar-refractivity contribution is -0.126. The summed E-state index contributed by atoms with van der Waals surface area (Å²) in [6.07, 6.45) is 0. The first-order chi connectivity index (χ1) is 20.7. The van der Waals surface area contributed by atoms with Crippen molar-refractivity contribution in [3.05, 3.63) is 140 Å². The van der Waals surface area contributed by atoms with E-state index in [0.717, 1.165) is 16.7 Å². The molecule has 0 N–H and O–H groups in total. The van der Waals surface area contributed by atoms with Gasteiger partial charge in [0, 0.05) is 17.7 Å². The van der Waals surface area contributed by atoms with Gasteiger partial charge in [0.15, 0.2) is 11.0 Å². The lowest BCUT2D eigenvalue weighted by atomic mass is 9.83. The van der Waals surface area contributed by atoms with E-state index < -0.39 is 28.6 Å². The van der Waals surface area contributed by atoms with E-state index in [-0.39, 0.29) is 35.4 Å². The highest BCUT2D eigenvalue weighted by Gasteiger charge is 2.65. The molecule has 8 heteroatoms. The van der Waals surface area contributed by atoms with Gasteiger partial charge in [-0.2, -0.15) is 0 Å². The van der Waals surface area contributed by atoms with E-state index >= 15 is 0 Å². The molecule has 1 spiro atoms. The van der Waals surface area contributed by atoms with Gasteiger partial charge in [-0.3, -0.25) is 14.4 Å². The molecule has 5 aromatic rings. The number of rotatable bonds is 5. The number of nitrogens with zero attached hydrogens (tertiary/aromatic N) is 2. The van der Waals surface area contributed by atoms with Crippen LogP contribution in [0.2, 0.25) is 0 Å². The third-order valence-corrected chi connectivity index (χ3v) is 8.64. The molecule has 7 rings (SSSR count). The van der Waals surface area contributed by atoms with Crippen LogP contribution in [-0.4, -0.2) is 23.8 Å². The highest BCUT2D eigenvalue weighted by atomic mass is 19.1. The van der Waals surface area contributed by atoms with Crippen LogP contribution in [0.15, 0.2) is 94.1 Å². The number of methoxy groups -OCH3 is 1. The number of hydrogen-bond donors (Lipinski definition) is 0. The number of fused-ring (bicyclic) bond motifs is 5. The third-order valence-electron chi connectivity index (χ3n) is 8.64. The molecule has 0 fully saturated rings. The Morgan fingerprint density at radius 3 is 2.30 bits per heavy atom. The lowest BCUT2D eigenvalue weighted by Gasteiger charge is -2.34. The van der Waals surface area contributed by atoms with Gasteiger partial charge < -0.3 is 19.0 Å². The second-order valence-corrected chi connectivity index (χ2v) is 11.0. The molecule has 0 aliphatic carbocycles. The van der Waals surface area contributed by atoms with Crippen LogP contribution in [0.1, 0.15) is 43.9 Å². The smallest absolute Gasteiger partial charge is 0.291 e. The Labute approximate surface area is 246 Å². The third kappa shape index (κ3) is 3.75. The van der Waals surface area contributed by atoms with Crippen molar-refractivity contribution in [2.45, 2.75) is 32.5 Å². The van der Waals surface area contributed by atoms with Crippen molar-refractivity contribution in [3.63, 3.8) is 0 Å². The van der Waals surface area contributed by atoms with Gasteiger partial charge in [-0.05, 0) is 66.9 Å². The topological polar surface area (TPSA) is 80.1 Å². The molecular weight excluding hydrogens is 547 g/mol. The molecular formula is C35H27FN2O5. The van der Waals surface area contributed by atoms with Crippen LogP contribution in [0.3, 0.4) is 0 Å². The maximum atomic E-state index is 14.9. The summed E-state index contributed by atoms with van der Waals surface area (Å²) in [5.41, 5.74) is 1.79. The van der Waals surface area contributed by atoms with E-state index in [1.165, 1.54) is 15.9 Å². The van der Waals surface area contributed by atoms with E-state index in [1.807, 2.05) is 26.0 Å². The van der Waals surface area contributed by atoms with Crippen LogP contribution < -0.4 is 15.1 Å². The number of para-hydroxylation sites is 1. The standard InChI is InChI=1S/C35H27FN2O5/c1-20-16-25-29(17-21(20)2)43-32-30(31(25)39)35(38(33(32)40)18-22-12-14-24(42-3)15-13-22)26-9-5-7-11-28(26)37(34(35)41)19-23-8-4-6-10-27(23)36/h4-17H,18-19H2,1-3H3. The minimum atomic E-state index is -1.82. The summed E-state index contributed by atoms with van der Waals surface area (Å²) < 4.78 is 26.4. The predicted molar refractivity (Wildman–Crippen MR) is 160 cm³/mol. The zero-order valence-electron chi connectivity index (χ0n) is 23.8. The van der Waals surface area contributed by atoms with E-state index in [0.29, 0.717) is 22.6 Å². The molecule has 43 heavy (non-hydrogen) atoms.